The summed E-state index contributed by atoms with van der Waals surface area (Å²) in [5, 5.41) is 13.4. The van der Waals surface area contributed by atoms with E-state index >= 15 is 0 Å². The van der Waals surface area contributed by atoms with E-state index in [1.54, 1.807) is 63.2 Å². The highest BCUT2D eigenvalue weighted by molar-refractivity contribution is 5.44. The Morgan fingerprint density at radius 1 is 0.968 bits per heavy atom. The van der Waals surface area contributed by atoms with Gasteiger partial charge in [0.25, 0.3) is 0 Å². The zero-order valence-corrected chi connectivity index (χ0v) is 18.0. The van der Waals surface area contributed by atoms with Crippen LogP contribution in [0.2, 0.25) is 0 Å². The number of aromatic nitrogens is 2. The summed E-state index contributed by atoms with van der Waals surface area (Å²) in [5.74, 6) is 1.71. The fraction of sp³-hybridized carbons (Fsp3) is 0.348. The number of ether oxygens (including phenoxy) is 2. The normalized spacial score (nSPS) is 12.1. The van der Waals surface area contributed by atoms with E-state index in [1.807, 2.05) is 6.92 Å². The molecule has 0 bridgehead atoms. The summed E-state index contributed by atoms with van der Waals surface area (Å²) in [6.45, 7) is 8.57. The second kappa shape index (κ2) is 8.17. The first-order valence-corrected chi connectivity index (χ1v) is 9.85. The Bertz CT molecular complexity index is 1070. The molecule has 5 nitrogen and oxygen atoms in total. The van der Waals surface area contributed by atoms with Gasteiger partial charge in [-0.3, -0.25) is 0 Å². The number of aromatic hydroxyl groups is 1. The second-order valence-corrected chi connectivity index (χ2v) is 8.18. The first-order chi connectivity index (χ1) is 14.4. The predicted molar refractivity (Wildman–Crippen MR) is 111 cm³/mol. The molecule has 0 aliphatic heterocycles. The van der Waals surface area contributed by atoms with Crippen LogP contribution in [0.15, 0.2) is 42.5 Å². The van der Waals surface area contributed by atoms with Crippen molar-refractivity contribution < 1.29 is 27.8 Å². The molecule has 31 heavy (non-hydrogen) atoms. The highest BCUT2D eigenvalue weighted by Crippen LogP contribution is 2.39. The molecular weight excluding hydrogens is 409 g/mol. The average Bonchev–Trinajstić information content (AvgIpc) is 3.01. The van der Waals surface area contributed by atoms with Gasteiger partial charge in [0.15, 0.2) is 5.69 Å². The van der Waals surface area contributed by atoms with Crippen molar-refractivity contribution in [1.29, 1.82) is 0 Å². The Hall–Kier alpha value is -3.16. The van der Waals surface area contributed by atoms with Crippen molar-refractivity contribution in [3.63, 3.8) is 0 Å². The lowest BCUT2D eigenvalue weighted by Crippen LogP contribution is -2.24. The molecule has 0 aliphatic rings. The summed E-state index contributed by atoms with van der Waals surface area (Å²) >= 11 is 0. The number of hydrogen-bond acceptors (Lipinski definition) is 4. The van der Waals surface area contributed by atoms with Crippen molar-refractivity contribution in [2.45, 2.75) is 52.8 Å². The summed E-state index contributed by atoms with van der Waals surface area (Å²) in [6, 6.07) is 11.4. The highest BCUT2D eigenvalue weighted by atomic mass is 19.4. The Morgan fingerprint density at radius 3 is 2.06 bits per heavy atom. The van der Waals surface area contributed by atoms with E-state index in [0.29, 0.717) is 23.7 Å². The van der Waals surface area contributed by atoms with Gasteiger partial charge in [-0.2, -0.15) is 18.3 Å². The Kier molecular flexibility index (Phi) is 5.93. The topological polar surface area (TPSA) is 56.5 Å². The maximum absolute atomic E-state index is 13.4. The van der Waals surface area contributed by atoms with Crippen molar-refractivity contribution in [3.8, 4) is 28.9 Å². The summed E-state index contributed by atoms with van der Waals surface area (Å²) in [7, 11) is 0. The molecule has 0 spiro atoms. The smallest absolute Gasteiger partial charge is 0.435 e. The van der Waals surface area contributed by atoms with Gasteiger partial charge in [0.1, 0.15) is 23.0 Å². The number of nitrogens with zero attached hydrogens (tertiary/aromatic N) is 2. The lowest BCUT2D eigenvalue weighted by Gasteiger charge is -2.22. The number of benzene rings is 2. The fourth-order valence-electron chi connectivity index (χ4n) is 3.08. The number of phenols is 1. The van der Waals surface area contributed by atoms with E-state index in [2.05, 4.69) is 5.10 Å². The maximum Gasteiger partial charge on any atom is 0.435 e. The van der Waals surface area contributed by atoms with Gasteiger partial charge in [-0.15, -0.1) is 0 Å². The summed E-state index contributed by atoms with van der Waals surface area (Å²) in [6.07, 6.45) is -3.89. The number of halogens is 3. The van der Waals surface area contributed by atoms with Gasteiger partial charge in [0.2, 0.25) is 5.88 Å². The third-order valence-corrected chi connectivity index (χ3v) is 4.66. The van der Waals surface area contributed by atoms with Crippen molar-refractivity contribution in [3.05, 3.63) is 59.3 Å². The highest BCUT2D eigenvalue weighted by Gasteiger charge is 2.40. The molecule has 0 amide bonds. The number of alkyl halides is 3. The van der Waals surface area contributed by atoms with Gasteiger partial charge in [-0.05, 0) is 82.1 Å². The van der Waals surface area contributed by atoms with Crippen LogP contribution in [0.5, 0.6) is 28.9 Å². The molecule has 0 saturated carbocycles. The predicted octanol–water partition coefficient (Wildman–Crippen LogP) is 6.82. The van der Waals surface area contributed by atoms with Crippen molar-refractivity contribution >= 4 is 0 Å². The largest absolute Gasteiger partial charge is 0.508 e. The van der Waals surface area contributed by atoms with E-state index < -0.39 is 17.4 Å². The van der Waals surface area contributed by atoms with Crippen LogP contribution >= 0.6 is 0 Å². The molecule has 0 saturated heterocycles. The van der Waals surface area contributed by atoms with Crippen LogP contribution in [0.3, 0.4) is 0 Å². The van der Waals surface area contributed by atoms with Crippen LogP contribution in [0, 0.1) is 6.92 Å². The van der Waals surface area contributed by atoms with Gasteiger partial charge in [0.05, 0.1) is 5.54 Å². The molecule has 166 valence electrons. The molecule has 0 atom stereocenters. The van der Waals surface area contributed by atoms with Crippen LogP contribution in [0.25, 0.3) is 0 Å². The van der Waals surface area contributed by atoms with Gasteiger partial charge >= 0.3 is 6.18 Å². The molecule has 0 radical (unpaired) electrons. The lowest BCUT2D eigenvalue weighted by atomic mass is 10.1. The molecule has 1 heterocycles. The minimum atomic E-state index is -4.57. The zero-order valence-electron chi connectivity index (χ0n) is 18.0. The van der Waals surface area contributed by atoms with Gasteiger partial charge in [-0.1, -0.05) is 6.92 Å². The van der Waals surface area contributed by atoms with Gasteiger partial charge < -0.3 is 14.6 Å². The monoisotopic (exact) mass is 434 g/mol. The molecule has 1 N–H and O–H groups in total. The standard InChI is InChI=1S/C23H25F3N2O3/c1-6-15-13-16(29)7-12-19(15)30-17-8-10-18(11-9-17)31-21-14(2)20(23(24,25)26)27-28(21)22(3,4)5/h7-13,29H,6H2,1-5H3. The minimum absolute atomic E-state index is 0.0419. The number of phenolic OH excluding ortho intramolecular Hbond substituents is 1. The first-order valence-electron chi connectivity index (χ1n) is 9.85. The molecule has 0 aliphatic carbocycles. The third-order valence-electron chi connectivity index (χ3n) is 4.66. The van der Waals surface area contributed by atoms with Crippen LogP contribution in [-0.2, 0) is 18.1 Å². The second-order valence-electron chi connectivity index (χ2n) is 8.18. The Morgan fingerprint density at radius 2 is 1.55 bits per heavy atom. The van der Waals surface area contributed by atoms with E-state index in [0.717, 1.165) is 5.56 Å². The summed E-state index contributed by atoms with van der Waals surface area (Å²) < 4.78 is 53.0. The number of hydrogen-bond donors (Lipinski definition) is 1. The minimum Gasteiger partial charge on any atom is -0.508 e. The number of aryl methyl sites for hydroxylation is 1. The fourth-order valence-corrected chi connectivity index (χ4v) is 3.08. The quantitative estimate of drug-likeness (QED) is 0.479. The van der Waals surface area contributed by atoms with E-state index in [-0.39, 0.29) is 17.2 Å². The summed E-state index contributed by atoms with van der Waals surface area (Å²) in [4.78, 5) is 0. The molecule has 2 aromatic carbocycles. The molecule has 0 fully saturated rings. The maximum atomic E-state index is 13.4. The van der Waals surface area contributed by atoms with Crippen LogP contribution in [0.1, 0.15) is 44.5 Å². The van der Waals surface area contributed by atoms with Crippen molar-refractivity contribution in [2.75, 3.05) is 0 Å². The van der Waals surface area contributed by atoms with Gasteiger partial charge in [0, 0.05) is 5.56 Å². The molecule has 3 aromatic rings. The average molecular weight is 434 g/mol. The van der Waals surface area contributed by atoms with E-state index in [4.69, 9.17) is 9.47 Å². The SMILES string of the molecule is CCc1cc(O)ccc1Oc1ccc(Oc2c(C)c(C(F)(F)F)nn2C(C)(C)C)cc1. The molecule has 0 unspecified atom stereocenters. The third kappa shape index (κ3) is 4.95. The summed E-state index contributed by atoms with van der Waals surface area (Å²) in [5.41, 5.74) is -0.886. The Labute approximate surface area is 179 Å². The Balaban J connectivity index is 1.87. The molecule has 8 heteroatoms. The van der Waals surface area contributed by atoms with Crippen molar-refractivity contribution in [1.82, 2.24) is 9.78 Å². The number of rotatable bonds is 5. The van der Waals surface area contributed by atoms with Gasteiger partial charge in [-0.25, -0.2) is 4.68 Å². The molecule has 3 rings (SSSR count). The first kappa shape index (κ1) is 22.5. The van der Waals surface area contributed by atoms with Crippen LogP contribution in [0.4, 0.5) is 13.2 Å². The lowest BCUT2D eigenvalue weighted by molar-refractivity contribution is -0.142. The van der Waals surface area contributed by atoms with E-state index in [1.165, 1.54) is 11.6 Å². The molecular formula is C23H25F3N2O3. The van der Waals surface area contributed by atoms with E-state index in [9.17, 15) is 18.3 Å². The van der Waals surface area contributed by atoms with Crippen LogP contribution < -0.4 is 9.47 Å². The molecule has 1 aromatic heterocycles. The van der Waals surface area contributed by atoms with Crippen molar-refractivity contribution in [2.24, 2.45) is 0 Å². The van der Waals surface area contributed by atoms with Crippen LogP contribution in [-0.4, -0.2) is 14.9 Å². The zero-order chi connectivity index (χ0) is 23.0.